The lowest BCUT2D eigenvalue weighted by atomic mass is 10.0. The van der Waals surface area contributed by atoms with Gasteiger partial charge >= 0.3 is 0 Å². The van der Waals surface area contributed by atoms with Crippen LogP contribution < -0.4 is 9.64 Å². The number of amides is 1. The monoisotopic (exact) mass is 343 g/mol. The van der Waals surface area contributed by atoms with Crippen LogP contribution in [-0.4, -0.2) is 18.6 Å². The second-order valence-electron chi connectivity index (χ2n) is 6.35. The SMILES string of the molecule is Cc1cc(O[C@H](C)C(=O)N2CCCc3ccccc32)cc(C)c1Cl. The first-order valence-electron chi connectivity index (χ1n) is 8.30. The Morgan fingerprint density at radius 3 is 2.58 bits per heavy atom. The lowest BCUT2D eigenvalue weighted by Crippen LogP contribution is -2.43. The molecule has 0 radical (unpaired) electrons. The predicted octanol–water partition coefficient (Wildman–Crippen LogP) is 4.70. The molecule has 0 aromatic heterocycles. The summed E-state index contributed by atoms with van der Waals surface area (Å²) in [6.07, 6.45) is 1.45. The van der Waals surface area contributed by atoms with Gasteiger partial charge < -0.3 is 9.64 Å². The summed E-state index contributed by atoms with van der Waals surface area (Å²) in [5.41, 5.74) is 4.14. The lowest BCUT2D eigenvalue weighted by Gasteiger charge is -2.31. The Kier molecular flexibility index (Phi) is 4.81. The maximum absolute atomic E-state index is 12.9. The number of hydrogen-bond donors (Lipinski definition) is 0. The molecule has 24 heavy (non-hydrogen) atoms. The van der Waals surface area contributed by atoms with Gasteiger partial charge in [0.05, 0.1) is 0 Å². The Bertz CT molecular complexity index is 749. The van der Waals surface area contributed by atoms with Crippen molar-refractivity contribution in [2.75, 3.05) is 11.4 Å². The first-order chi connectivity index (χ1) is 11.5. The third-order valence-electron chi connectivity index (χ3n) is 4.45. The predicted molar refractivity (Wildman–Crippen MR) is 98.1 cm³/mol. The van der Waals surface area contributed by atoms with E-state index in [1.54, 1.807) is 6.92 Å². The van der Waals surface area contributed by atoms with Gasteiger partial charge in [-0.2, -0.15) is 0 Å². The van der Waals surface area contributed by atoms with Gasteiger partial charge in [0.25, 0.3) is 5.91 Å². The Morgan fingerprint density at radius 2 is 1.88 bits per heavy atom. The molecular formula is C20H22ClNO2. The zero-order chi connectivity index (χ0) is 17.3. The number of halogens is 1. The van der Waals surface area contributed by atoms with Crippen molar-refractivity contribution >= 4 is 23.2 Å². The van der Waals surface area contributed by atoms with E-state index < -0.39 is 6.10 Å². The molecule has 2 aromatic carbocycles. The summed E-state index contributed by atoms with van der Waals surface area (Å²) in [4.78, 5) is 14.7. The van der Waals surface area contributed by atoms with Crippen LogP contribution in [0.5, 0.6) is 5.75 Å². The number of fused-ring (bicyclic) bond motifs is 1. The minimum Gasteiger partial charge on any atom is -0.481 e. The molecule has 0 bridgehead atoms. The van der Waals surface area contributed by atoms with E-state index in [1.165, 1.54) is 5.56 Å². The fraction of sp³-hybridized carbons (Fsp3) is 0.350. The number of benzene rings is 2. The molecule has 0 spiro atoms. The van der Waals surface area contributed by atoms with Crippen molar-refractivity contribution in [1.82, 2.24) is 0 Å². The number of carbonyl (C=O) groups excluding carboxylic acids is 1. The Balaban J connectivity index is 1.79. The second kappa shape index (κ2) is 6.86. The van der Waals surface area contributed by atoms with Crippen LogP contribution in [0.4, 0.5) is 5.69 Å². The molecule has 4 heteroatoms. The first-order valence-corrected chi connectivity index (χ1v) is 8.68. The van der Waals surface area contributed by atoms with Gasteiger partial charge in [0.2, 0.25) is 0 Å². The molecule has 0 fully saturated rings. The standard InChI is InChI=1S/C20H22ClNO2/c1-13-11-17(12-14(2)19(13)21)24-15(3)20(23)22-10-6-8-16-7-4-5-9-18(16)22/h4-5,7,9,11-12,15H,6,8,10H2,1-3H3/t15-/m1/s1. The maximum atomic E-state index is 12.9. The number of anilines is 1. The van der Waals surface area contributed by atoms with Crippen LogP contribution in [0.15, 0.2) is 36.4 Å². The number of nitrogens with zero attached hydrogens (tertiary/aromatic N) is 1. The molecule has 1 heterocycles. The molecule has 3 nitrogen and oxygen atoms in total. The fourth-order valence-corrected chi connectivity index (χ4v) is 3.32. The molecule has 1 aliphatic rings. The van der Waals surface area contributed by atoms with Gasteiger partial charge in [0.1, 0.15) is 5.75 Å². The van der Waals surface area contributed by atoms with Gasteiger partial charge in [0, 0.05) is 17.3 Å². The van der Waals surface area contributed by atoms with E-state index in [-0.39, 0.29) is 5.91 Å². The van der Waals surface area contributed by atoms with Gasteiger partial charge in [-0.05, 0) is 68.5 Å². The van der Waals surface area contributed by atoms with Crippen molar-refractivity contribution < 1.29 is 9.53 Å². The normalized spacial score (nSPS) is 14.9. The Morgan fingerprint density at radius 1 is 1.21 bits per heavy atom. The Labute approximate surface area is 148 Å². The average molecular weight is 344 g/mol. The van der Waals surface area contributed by atoms with Crippen molar-refractivity contribution in [3.05, 3.63) is 58.1 Å². The van der Waals surface area contributed by atoms with Gasteiger partial charge in [-0.1, -0.05) is 29.8 Å². The minimum absolute atomic E-state index is 0.00703. The minimum atomic E-state index is -0.545. The third-order valence-corrected chi connectivity index (χ3v) is 5.04. The molecule has 0 aliphatic carbocycles. The van der Waals surface area contributed by atoms with Crippen LogP contribution in [0.25, 0.3) is 0 Å². The van der Waals surface area contributed by atoms with Crippen molar-refractivity contribution in [2.45, 2.75) is 39.7 Å². The van der Waals surface area contributed by atoms with Crippen LogP contribution in [0, 0.1) is 13.8 Å². The summed E-state index contributed by atoms with van der Waals surface area (Å²) in [5, 5.41) is 0.742. The topological polar surface area (TPSA) is 29.5 Å². The number of rotatable bonds is 3. The van der Waals surface area contributed by atoms with Gasteiger partial charge in [0.15, 0.2) is 6.10 Å². The summed E-state index contributed by atoms with van der Waals surface area (Å²) in [6, 6.07) is 11.8. The highest BCUT2D eigenvalue weighted by atomic mass is 35.5. The van der Waals surface area contributed by atoms with Crippen molar-refractivity contribution in [1.29, 1.82) is 0 Å². The highest BCUT2D eigenvalue weighted by Crippen LogP contribution is 2.29. The summed E-state index contributed by atoms with van der Waals surface area (Å²) >= 11 is 6.20. The molecule has 1 atom stereocenters. The number of carbonyl (C=O) groups is 1. The smallest absolute Gasteiger partial charge is 0.267 e. The molecule has 0 unspecified atom stereocenters. The van der Waals surface area contributed by atoms with Crippen molar-refractivity contribution in [3.8, 4) is 5.75 Å². The molecule has 0 N–H and O–H groups in total. The number of ether oxygens (including phenoxy) is 1. The van der Waals surface area contributed by atoms with E-state index in [2.05, 4.69) is 6.07 Å². The lowest BCUT2D eigenvalue weighted by molar-refractivity contribution is -0.124. The van der Waals surface area contributed by atoms with Crippen LogP contribution in [0.1, 0.15) is 30.0 Å². The molecule has 2 aromatic rings. The van der Waals surface area contributed by atoms with Crippen LogP contribution in [0.2, 0.25) is 5.02 Å². The third kappa shape index (κ3) is 3.27. The summed E-state index contributed by atoms with van der Waals surface area (Å²) in [6.45, 7) is 6.42. The molecule has 1 amide bonds. The first kappa shape index (κ1) is 16.8. The van der Waals surface area contributed by atoms with E-state index in [4.69, 9.17) is 16.3 Å². The largest absolute Gasteiger partial charge is 0.481 e. The summed E-state index contributed by atoms with van der Waals surface area (Å²) in [5.74, 6) is 0.674. The van der Waals surface area contributed by atoms with Crippen LogP contribution in [0.3, 0.4) is 0 Å². The second-order valence-corrected chi connectivity index (χ2v) is 6.73. The quantitative estimate of drug-likeness (QED) is 0.808. The van der Waals surface area contributed by atoms with Gasteiger partial charge in [-0.25, -0.2) is 0 Å². The summed E-state index contributed by atoms with van der Waals surface area (Å²) in [7, 11) is 0. The highest BCUT2D eigenvalue weighted by molar-refractivity contribution is 6.32. The van der Waals surface area contributed by atoms with E-state index in [0.717, 1.165) is 41.2 Å². The van der Waals surface area contributed by atoms with Crippen molar-refractivity contribution in [3.63, 3.8) is 0 Å². The zero-order valence-corrected chi connectivity index (χ0v) is 15.1. The van der Waals surface area contributed by atoms with Gasteiger partial charge in [-0.15, -0.1) is 0 Å². The summed E-state index contributed by atoms with van der Waals surface area (Å²) < 4.78 is 5.91. The molecule has 0 saturated heterocycles. The Hall–Kier alpha value is -2.00. The van der Waals surface area contributed by atoms with E-state index in [1.807, 2.05) is 49.1 Å². The molecule has 126 valence electrons. The number of para-hydroxylation sites is 1. The van der Waals surface area contributed by atoms with E-state index in [0.29, 0.717) is 5.75 Å². The van der Waals surface area contributed by atoms with Crippen LogP contribution >= 0.6 is 11.6 Å². The number of hydrogen-bond acceptors (Lipinski definition) is 2. The van der Waals surface area contributed by atoms with Gasteiger partial charge in [-0.3, -0.25) is 4.79 Å². The van der Waals surface area contributed by atoms with Crippen molar-refractivity contribution in [2.24, 2.45) is 0 Å². The molecular weight excluding hydrogens is 322 g/mol. The fourth-order valence-electron chi connectivity index (χ4n) is 3.21. The molecule has 1 aliphatic heterocycles. The van der Waals surface area contributed by atoms with Crippen LogP contribution in [-0.2, 0) is 11.2 Å². The number of aryl methyl sites for hydroxylation is 3. The van der Waals surface area contributed by atoms with E-state index >= 15 is 0 Å². The average Bonchev–Trinajstić information content (AvgIpc) is 2.58. The molecule has 3 rings (SSSR count). The zero-order valence-electron chi connectivity index (χ0n) is 14.3. The maximum Gasteiger partial charge on any atom is 0.267 e. The molecule has 0 saturated carbocycles. The van der Waals surface area contributed by atoms with E-state index in [9.17, 15) is 4.79 Å². The highest BCUT2D eigenvalue weighted by Gasteiger charge is 2.27.